The van der Waals surface area contributed by atoms with Crippen LogP contribution in [0, 0.1) is 0 Å². The molecule has 0 radical (unpaired) electrons. The highest BCUT2D eigenvalue weighted by Crippen LogP contribution is 2.51. The molecule has 0 unspecified atom stereocenters. The van der Waals surface area contributed by atoms with Crippen molar-refractivity contribution in [1.82, 2.24) is 4.98 Å². The van der Waals surface area contributed by atoms with E-state index in [9.17, 15) is 4.79 Å². The number of rotatable bonds is 0. The minimum Gasteiger partial charge on any atom is -0.486 e. The van der Waals surface area contributed by atoms with Gasteiger partial charge in [-0.1, -0.05) is 0 Å². The molecule has 1 aliphatic heterocycles. The number of ether oxygens (including phenoxy) is 1. The lowest BCUT2D eigenvalue weighted by molar-refractivity contribution is 0.107. The first-order valence-corrected chi connectivity index (χ1v) is 5.11. The summed E-state index contributed by atoms with van der Waals surface area (Å²) in [6, 6.07) is 1.86. The zero-order valence-electron chi connectivity index (χ0n) is 8.17. The molecule has 1 aliphatic carbocycles. The Morgan fingerprint density at radius 2 is 2.50 bits per heavy atom. The number of pyridine rings is 1. The van der Waals surface area contributed by atoms with Gasteiger partial charge in [0.05, 0.1) is 5.56 Å². The molecule has 2 aliphatic rings. The Hall–Kier alpha value is -1.25. The summed E-state index contributed by atoms with van der Waals surface area (Å²) < 4.78 is 5.88. The first-order valence-electron chi connectivity index (χ1n) is 5.11. The lowest BCUT2D eigenvalue weighted by Gasteiger charge is -2.22. The van der Waals surface area contributed by atoms with Gasteiger partial charge in [0.15, 0.2) is 0 Å². The highest BCUT2D eigenvalue weighted by atomic mass is 16.5. The van der Waals surface area contributed by atoms with E-state index >= 15 is 0 Å². The zero-order chi connectivity index (χ0) is 9.76. The van der Waals surface area contributed by atoms with Gasteiger partial charge in [-0.3, -0.25) is 4.79 Å². The third kappa shape index (κ3) is 0.846. The van der Waals surface area contributed by atoms with Crippen LogP contribution in [0.25, 0.3) is 0 Å². The Balaban J connectivity index is 2.22. The highest BCUT2D eigenvalue weighted by Gasteiger charge is 2.49. The molecule has 1 N–H and O–H groups in total. The molecule has 1 aromatic heterocycles. The molecular weight excluding hydrogens is 178 g/mol. The Kier molecular flexibility index (Phi) is 1.39. The second kappa shape index (κ2) is 2.41. The number of H-pyrrole nitrogens is 1. The third-order valence-corrected chi connectivity index (χ3v) is 3.55. The minimum atomic E-state index is -0.114. The molecule has 2 heterocycles. The zero-order valence-corrected chi connectivity index (χ0v) is 8.17. The summed E-state index contributed by atoms with van der Waals surface area (Å²) in [4.78, 5) is 14.4. The van der Waals surface area contributed by atoms with Crippen LogP contribution in [0.2, 0.25) is 0 Å². The number of fused-ring (bicyclic) bond motifs is 3. The van der Waals surface area contributed by atoms with Crippen molar-refractivity contribution < 1.29 is 4.74 Å². The summed E-state index contributed by atoms with van der Waals surface area (Å²) in [6.45, 7) is 2.12. The summed E-state index contributed by atoms with van der Waals surface area (Å²) in [5.74, 6) is 1.10. The van der Waals surface area contributed by atoms with E-state index in [1.807, 2.05) is 6.07 Å². The Labute approximate surface area is 82.1 Å². The molecule has 0 amide bonds. The van der Waals surface area contributed by atoms with Gasteiger partial charge in [0, 0.05) is 12.1 Å². The molecule has 1 fully saturated rings. The highest BCUT2D eigenvalue weighted by molar-refractivity contribution is 5.41. The second-order valence-corrected chi connectivity index (χ2v) is 4.44. The first-order chi connectivity index (χ1) is 6.71. The van der Waals surface area contributed by atoms with E-state index in [1.165, 1.54) is 0 Å². The van der Waals surface area contributed by atoms with E-state index in [0.29, 0.717) is 5.92 Å². The minimum absolute atomic E-state index is 0.0260. The molecule has 1 saturated carbocycles. The lowest BCUT2D eigenvalue weighted by Crippen LogP contribution is -2.30. The average Bonchev–Trinajstić information content (AvgIpc) is 2.58. The van der Waals surface area contributed by atoms with Crippen LogP contribution in [0.15, 0.2) is 17.1 Å². The van der Waals surface area contributed by atoms with E-state index in [4.69, 9.17) is 4.74 Å². The topological polar surface area (TPSA) is 42.1 Å². The van der Waals surface area contributed by atoms with Crippen molar-refractivity contribution in [3.8, 4) is 5.75 Å². The fourth-order valence-electron chi connectivity index (χ4n) is 2.85. The van der Waals surface area contributed by atoms with Gasteiger partial charge in [-0.05, 0) is 32.3 Å². The van der Waals surface area contributed by atoms with Gasteiger partial charge >= 0.3 is 0 Å². The summed E-state index contributed by atoms with van der Waals surface area (Å²) >= 11 is 0. The predicted octanol–water partition coefficient (Wildman–Crippen LogP) is 1.79. The van der Waals surface area contributed by atoms with Crippen molar-refractivity contribution in [2.24, 2.45) is 0 Å². The van der Waals surface area contributed by atoms with Gasteiger partial charge in [-0.15, -0.1) is 0 Å². The molecule has 0 saturated heterocycles. The van der Waals surface area contributed by atoms with E-state index < -0.39 is 0 Å². The Morgan fingerprint density at radius 3 is 3.36 bits per heavy atom. The van der Waals surface area contributed by atoms with E-state index in [1.54, 1.807) is 6.20 Å². The van der Waals surface area contributed by atoms with Gasteiger partial charge in [-0.2, -0.15) is 0 Å². The second-order valence-electron chi connectivity index (χ2n) is 4.44. The van der Waals surface area contributed by atoms with Crippen LogP contribution in [0.4, 0.5) is 0 Å². The SMILES string of the molecule is C[C@@]12CCC[C@@H]1c1c(cc[nH]c1=O)O2. The predicted molar refractivity (Wildman–Crippen MR) is 52.7 cm³/mol. The van der Waals surface area contributed by atoms with E-state index in [2.05, 4.69) is 11.9 Å². The van der Waals surface area contributed by atoms with Crippen LogP contribution in [-0.2, 0) is 0 Å². The smallest absolute Gasteiger partial charge is 0.255 e. The Morgan fingerprint density at radius 1 is 1.64 bits per heavy atom. The normalized spacial score (nSPS) is 33.6. The third-order valence-electron chi connectivity index (χ3n) is 3.55. The summed E-state index contributed by atoms with van der Waals surface area (Å²) in [5, 5.41) is 0. The summed E-state index contributed by atoms with van der Waals surface area (Å²) in [7, 11) is 0. The fourth-order valence-corrected chi connectivity index (χ4v) is 2.85. The van der Waals surface area contributed by atoms with Crippen molar-refractivity contribution in [2.45, 2.75) is 37.7 Å². The monoisotopic (exact) mass is 191 g/mol. The van der Waals surface area contributed by atoms with Gasteiger partial charge < -0.3 is 9.72 Å². The van der Waals surface area contributed by atoms with Crippen molar-refractivity contribution in [2.75, 3.05) is 0 Å². The summed E-state index contributed by atoms with van der Waals surface area (Å²) in [6.07, 6.45) is 4.96. The first kappa shape index (κ1) is 8.09. The number of nitrogens with one attached hydrogen (secondary N) is 1. The average molecular weight is 191 g/mol. The molecule has 3 nitrogen and oxygen atoms in total. The van der Waals surface area contributed by atoms with Crippen LogP contribution < -0.4 is 10.3 Å². The molecule has 0 spiro atoms. The van der Waals surface area contributed by atoms with Crippen LogP contribution >= 0.6 is 0 Å². The van der Waals surface area contributed by atoms with Crippen molar-refractivity contribution in [1.29, 1.82) is 0 Å². The summed E-state index contributed by atoms with van der Waals surface area (Å²) in [5.41, 5.74) is 0.780. The molecule has 74 valence electrons. The maximum Gasteiger partial charge on any atom is 0.255 e. The quantitative estimate of drug-likeness (QED) is 0.679. The molecule has 3 rings (SSSR count). The van der Waals surface area contributed by atoms with Crippen LogP contribution in [-0.4, -0.2) is 10.6 Å². The van der Waals surface area contributed by atoms with E-state index in [-0.39, 0.29) is 11.2 Å². The van der Waals surface area contributed by atoms with Gasteiger partial charge in [0.25, 0.3) is 5.56 Å². The molecule has 3 heteroatoms. The van der Waals surface area contributed by atoms with Crippen molar-refractivity contribution in [3.63, 3.8) is 0 Å². The number of hydrogen-bond donors (Lipinski definition) is 1. The molecule has 1 aromatic rings. The van der Waals surface area contributed by atoms with Crippen LogP contribution in [0.5, 0.6) is 5.75 Å². The molecule has 0 bridgehead atoms. The molecular formula is C11H13NO2. The van der Waals surface area contributed by atoms with Crippen molar-refractivity contribution >= 4 is 0 Å². The molecule has 2 atom stereocenters. The largest absolute Gasteiger partial charge is 0.486 e. The molecule has 0 aromatic carbocycles. The lowest BCUT2D eigenvalue weighted by atomic mass is 9.90. The van der Waals surface area contributed by atoms with Gasteiger partial charge in [0.1, 0.15) is 11.4 Å². The van der Waals surface area contributed by atoms with Crippen LogP contribution in [0.1, 0.15) is 37.7 Å². The number of aromatic nitrogens is 1. The number of hydrogen-bond acceptors (Lipinski definition) is 2. The van der Waals surface area contributed by atoms with Gasteiger partial charge in [0.2, 0.25) is 0 Å². The fraction of sp³-hybridized carbons (Fsp3) is 0.545. The number of aromatic amines is 1. The van der Waals surface area contributed by atoms with Gasteiger partial charge in [-0.25, -0.2) is 0 Å². The maximum atomic E-state index is 11.7. The van der Waals surface area contributed by atoms with Crippen molar-refractivity contribution in [3.05, 3.63) is 28.2 Å². The van der Waals surface area contributed by atoms with Crippen LogP contribution in [0.3, 0.4) is 0 Å². The standard InChI is InChI=1S/C11H13NO2/c1-11-5-2-3-7(11)9-8(14-11)4-6-12-10(9)13/h4,6-7H,2-3,5H2,1H3,(H,12,13)/t7-,11-/m1/s1. The van der Waals surface area contributed by atoms with E-state index in [0.717, 1.165) is 30.6 Å². The maximum absolute atomic E-state index is 11.7. The Bertz CT molecular complexity index is 437. The molecule has 14 heavy (non-hydrogen) atoms.